The second kappa shape index (κ2) is 18.7. The van der Waals surface area contributed by atoms with Crippen molar-refractivity contribution in [1.82, 2.24) is 35.1 Å². The van der Waals surface area contributed by atoms with E-state index in [0.717, 1.165) is 89.4 Å². The summed E-state index contributed by atoms with van der Waals surface area (Å²) in [6.07, 6.45) is 9.43. The summed E-state index contributed by atoms with van der Waals surface area (Å²) >= 11 is 0. The van der Waals surface area contributed by atoms with Gasteiger partial charge in [0.2, 0.25) is 11.9 Å². The Hall–Kier alpha value is -3.71. The van der Waals surface area contributed by atoms with E-state index in [1.807, 2.05) is 34.6 Å². The molecule has 1 N–H and O–H groups in total. The molecule has 13 nitrogen and oxygen atoms in total. The molecule has 4 heterocycles. The number of alkyl carbamates (subject to hydrolysis) is 1. The van der Waals surface area contributed by atoms with Crippen molar-refractivity contribution in [2.75, 3.05) is 75.8 Å². The van der Waals surface area contributed by atoms with Crippen LogP contribution in [0.3, 0.4) is 0 Å². The van der Waals surface area contributed by atoms with Gasteiger partial charge < -0.3 is 29.5 Å². The molecule has 0 spiro atoms. The fourth-order valence-electron chi connectivity index (χ4n) is 4.22. The number of ether oxygens (including phenoxy) is 1. The lowest BCUT2D eigenvalue weighted by Crippen LogP contribution is -2.47. The summed E-state index contributed by atoms with van der Waals surface area (Å²) in [5.41, 5.74) is 0.853. The van der Waals surface area contributed by atoms with Crippen LogP contribution in [0.5, 0.6) is 0 Å². The number of aromatic nitrogens is 4. The van der Waals surface area contributed by atoms with Crippen molar-refractivity contribution in [3.05, 3.63) is 35.9 Å². The fraction of sp³-hybridized carbons (Fsp3) is 0.633. The predicted octanol–water partition coefficient (Wildman–Crippen LogP) is 2.67. The number of amides is 1. The molecule has 13 heteroatoms. The maximum absolute atomic E-state index is 11.6. The van der Waals surface area contributed by atoms with Crippen LogP contribution in [0.2, 0.25) is 0 Å². The smallest absolute Gasteiger partial charge is 0.407 e. The average Bonchev–Trinajstić information content (AvgIpc) is 3.02. The Balaban J connectivity index is 0.000000286. The van der Waals surface area contributed by atoms with Crippen molar-refractivity contribution < 1.29 is 19.1 Å². The number of carbonyl (C=O) groups excluding carboxylic acids is 3. The Morgan fingerprint density at radius 3 is 1.86 bits per heavy atom. The first kappa shape index (κ1) is 35.5. The molecule has 2 aliphatic rings. The van der Waals surface area contributed by atoms with Gasteiger partial charge in [-0.25, -0.2) is 24.7 Å². The molecular weight excluding hydrogens is 550 g/mol. The average molecular weight is 600 g/mol. The van der Waals surface area contributed by atoms with Crippen molar-refractivity contribution in [2.24, 2.45) is 0 Å². The molecule has 2 fully saturated rings. The quantitative estimate of drug-likeness (QED) is 0.335. The topological polar surface area (TPSA) is 137 Å². The Morgan fingerprint density at radius 2 is 1.37 bits per heavy atom. The van der Waals surface area contributed by atoms with Crippen LogP contribution in [-0.2, 0) is 16.1 Å². The van der Waals surface area contributed by atoms with Gasteiger partial charge in [-0.05, 0) is 40.8 Å². The van der Waals surface area contributed by atoms with Crippen LogP contribution in [0.15, 0.2) is 24.8 Å². The molecule has 0 saturated carbocycles. The molecule has 4 rings (SSSR count). The lowest BCUT2D eigenvalue weighted by molar-refractivity contribution is -0.108. The van der Waals surface area contributed by atoms with Gasteiger partial charge in [0.25, 0.3) is 0 Å². The zero-order valence-electron chi connectivity index (χ0n) is 26.7. The number of hydrogen-bond donors (Lipinski definition) is 1. The maximum Gasteiger partial charge on any atom is 0.407 e. The van der Waals surface area contributed by atoms with Gasteiger partial charge in [0.15, 0.2) is 6.29 Å². The first-order chi connectivity index (χ1) is 20.7. The molecule has 0 bridgehead atoms. The van der Waals surface area contributed by atoms with Crippen LogP contribution in [0, 0.1) is 0 Å². The molecule has 43 heavy (non-hydrogen) atoms. The summed E-state index contributed by atoms with van der Waals surface area (Å²) in [4.78, 5) is 58.5. The van der Waals surface area contributed by atoms with Crippen LogP contribution >= 0.6 is 0 Å². The zero-order chi connectivity index (χ0) is 31.7. The third-order valence-electron chi connectivity index (χ3n) is 6.56. The molecule has 1 amide bonds. The molecule has 2 aliphatic heterocycles. The molecule has 0 aromatic carbocycles. The number of carbonyl (C=O) groups is 3. The number of piperazine rings is 2. The van der Waals surface area contributed by atoms with Crippen molar-refractivity contribution in [1.29, 1.82) is 0 Å². The van der Waals surface area contributed by atoms with E-state index in [2.05, 4.69) is 51.9 Å². The summed E-state index contributed by atoms with van der Waals surface area (Å²) in [5.74, 6) is 1.42. The van der Waals surface area contributed by atoms with Gasteiger partial charge in [0.05, 0.1) is 5.56 Å². The van der Waals surface area contributed by atoms with Gasteiger partial charge in [-0.15, -0.1) is 0 Å². The monoisotopic (exact) mass is 599 g/mol. The molecule has 0 atom stereocenters. The van der Waals surface area contributed by atoms with E-state index in [4.69, 9.17) is 4.74 Å². The predicted molar refractivity (Wildman–Crippen MR) is 168 cm³/mol. The van der Waals surface area contributed by atoms with Gasteiger partial charge >= 0.3 is 6.09 Å². The van der Waals surface area contributed by atoms with Crippen molar-refractivity contribution in [3.63, 3.8) is 0 Å². The highest BCUT2D eigenvalue weighted by atomic mass is 16.6. The molecule has 2 aromatic rings. The number of unbranched alkanes of at least 4 members (excludes halogenated alkanes) is 1. The summed E-state index contributed by atoms with van der Waals surface area (Å²) in [7, 11) is 2.11. The summed E-state index contributed by atoms with van der Waals surface area (Å²) in [5, 5.41) is 2.70. The standard InChI is InChI=1S/C15H25N5O2.C13H18N4O2.C2H6/c1-15(2,3)22-14(21)18-11-12-9-16-13(17-10-12)20-7-5-19(4)6-8-20;18-8-2-1-3-16-4-6-17(7-5-16)13-14-9-12(11-19)10-15-13;1-2/h9-10H,5-8,11H2,1-4H3,(H,18,21);8-11H,1-7H2;1-2H3. The van der Waals surface area contributed by atoms with Crippen LogP contribution in [0.1, 0.15) is 63.4 Å². The van der Waals surface area contributed by atoms with Crippen LogP contribution in [0.25, 0.3) is 0 Å². The van der Waals surface area contributed by atoms with Crippen LogP contribution in [0.4, 0.5) is 16.7 Å². The second-order valence-electron chi connectivity index (χ2n) is 11.1. The highest BCUT2D eigenvalue weighted by Gasteiger charge is 2.19. The largest absolute Gasteiger partial charge is 0.444 e. The van der Waals surface area contributed by atoms with Crippen LogP contribution < -0.4 is 15.1 Å². The molecule has 0 radical (unpaired) electrons. The number of anilines is 2. The van der Waals surface area contributed by atoms with E-state index in [-0.39, 0.29) is 0 Å². The normalized spacial score (nSPS) is 15.8. The lowest BCUT2D eigenvalue weighted by atomic mass is 10.2. The van der Waals surface area contributed by atoms with Gasteiger partial charge in [0, 0.05) is 95.7 Å². The summed E-state index contributed by atoms with van der Waals surface area (Å²) in [6.45, 7) is 18.4. The molecule has 2 saturated heterocycles. The number of aldehydes is 2. The SMILES string of the molecule is CC.CN1CCN(c2ncc(CNC(=O)OC(C)(C)C)cn2)CC1.O=CCCCN1CCN(c2ncc(C=O)cn2)CC1. The zero-order valence-corrected chi connectivity index (χ0v) is 26.7. The lowest BCUT2D eigenvalue weighted by Gasteiger charge is -2.34. The van der Waals surface area contributed by atoms with E-state index in [1.165, 1.54) is 0 Å². The maximum atomic E-state index is 11.6. The van der Waals surface area contributed by atoms with E-state index in [9.17, 15) is 14.4 Å². The molecule has 238 valence electrons. The minimum absolute atomic E-state index is 0.359. The van der Waals surface area contributed by atoms with Crippen molar-refractivity contribution >= 4 is 30.6 Å². The van der Waals surface area contributed by atoms with Gasteiger partial charge in [-0.1, -0.05) is 13.8 Å². The first-order valence-electron chi connectivity index (χ1n) is 15.1. The molecule has 0 aliphatic carbocycles. The summed E-state index contributed by atoms with van der Waals surface area (Å²) < 4.78 is 5.18. The van der Waals surface area contributed by atoms with Gasteiger partial charge in [0.1, 0.15) is 11.9 Å². The molecular formula is C30H49N9O4. The molecule has 0 unspecified atom stereocenters. The number of nitrogens with zero attached hydrogens (tertiary/aromatic N) is 8. The van der Waals surface area contributed by atoms with E-state index in [1.54, 1.807) is 24.8 Å². The number of rotatable bonds is 9. The third-order valence-corrected chi connectivity index (χ3v) is 6.56. The highest BCUT2D eigenvalue weighted by molar-refractivity contribution is 5.73. The van der Waals surface area contributed by atoms with E-state index < -0.39 is 11.7 Å². The van der Waals surface area contributed by atoms with Crippen molar-refractivity contribution in [3.8, 4) is 0 Å². The first-order valence-corrected chi connectivity index (χ1v) is 15.1. The second-order valence-corrected chi connectivity index (χ2v) is 11.1. The molecule has 2 aromatic heterocycles. The van der Waals surface area contributed by atoms with E-state index in [0.29, 0.717) is 24.5 Å². The third kappa shape index (κ3) is 13.4. The number of hydrogen-bond acceptors (Lipinski definition) is 12. The Labute approximate surface area is 256 Å². The Kier molecular flexibility index (Phi) is 15.5. The van der Waals surface area contributed by atoms with Gasteiger partial charge in [-0.2, -0.15) is 0 Å². The number of nitrogens with one attached hydrogen (secondary N) is 1. The summed E-state index contributed by atoms with van der Waals surface area (Å²) in [6, 6.07) is 0. The fourth-order valence-corrected chi connectivity index (χ4v) is 4.22. The highest BCUT2D eigenvalue weighted by Crippen LogP contribution is 2.12. The minimum atomic E-state index is -0.494. The van der Waals surface area contributed by atoms with E-state index >= 15 is 0 Å². The van der Waals surface area contributed by atoms with Crippen LogP contribution in [-0.4, -0.2) is 120 Å². The van der Waals surface area contributed by atoms with Gasteiger partial charge in [-0.3, -0.25) is 9.69 Å². The Bertz CT molecular complexity index is 1080. The Morgan fingerprint density at radius 1 is 0.860 bits per heavy atom. The minimum Gasteiger partial charge on any atom is -0.444 e. The number of likely N-dealkylation sites (N-methyl/N-ethyl adjacent to an activating group) is 1. The van der Waals surface area contributed by atoms with Crippen molar-refractivity contribution in [2.45, 2.75) is 59.6 Å².